The summed E-state index contributed by atoms with van der Waals surface area (Å²) in [6, 6.07) is 5.00. The van der Waals surface area contributed by atoms with Crippen LogP contribution in [0, 0.1) is 13.8 Å². The molecule has 0 saturated heterocycles. The van der Waals surface area contributed by atoms with Crippen molar-refractivity contribution in [3.8, 4) is 0 Å². The number of halogens is 2. The Kier molecular flexibility index (Phi) is 3.07. The van der Waals surface area contributed by atoms with Crippen LogP contribution < -0.4 is 0 Å². The summed E-state index contributed by atoms with van der Waals surface area (Å²) in [6.45, 7) is 3.55. The number of aryl methyl sites for hydroxylation is 2. The van der Waals surface area contributed by atoms with E-state index in [4.69, 9.17) is 5.11 Å². The number of rotatable bonds is 3. The Morgan fingerprint density at radius 3 is 2.47 bits per heavy atom. The van der Waals surface area contributed by atoms with E-state index in [0.717, 1.165) is 5.56 Å². The monoisotopic (exact) mass is 214 g/mol. The molecule has 4 heteroatoms. The van der Waals surface area contributed by atoms with E-state index in [0.29, 0.717) is 11.1 Å². The highest BCUT2D eigenvalue weighted by atomic mass is 19.3. The Balaban J connectivity index is 2.95. The highest BCUT2D eigenvalue weighted by Gasteiger charge is 2.39. The lowest BCUT2D eigenvalue weighted by Crippen LogP contribution is -2.30. The second kappa shape index (κ2) is 3.96. The highest BCUT2D eigenvalue weighted by Crippen LogP contribution is 2.22. The van der Waals surface area contributed by atoms with Gasteiger partial charge in [0.2, 0.25) is 0 Å². The molecule has 15 heavy (non-hydrogen) atoms. The lowest BCUT2D eigenvalue weighted by atomic mass is 10.00. The number of carboxylic acids is 1. The SMILES string of the molecule is Cc1ccc(CC(F)(F)C(=O)O)c(C)c1. The maximum atomic E-state index is 12.9. The second-order valence-electron chi connectivity index (χ2n) is 3.62. The molecule has 0 aliphatic carbocycles. The van der Waals surface area contributed by atoms with Gasteiger partial charge in [0.25, 0.3) is 0 Å². The molecule has 1 aromatic rings. The van der Waals surface area contributed by atoms with E-state index in [9.17, 15) is 13.6 Å². The van der Waals surface area contributed by atoms with Crippen molar-refractivity contribution < 1.29 is 18.7 Å². The van der Waals surface area contributed by atoms with Crippen molar-refractivity contribution >= 4 is 5.97 Å². The van der Waals surface area contributed by atoms with Crippen LogP contribution in [0.4, 0.5) is 8.78 Å². The second-order valence-corrected chi connectivity index (χ2v) is 3.62. The average molecular weight is 214 g/mol. The van der Waals surface area contributed by atoms with Crippen molar-refractivity contribution in [3.05, 3.63) is 34.9 Å². The van der Waals surface area contributed by atoms with E-state index >= 15 is 0 Å². The van der Waals surface area contributed by atoms with Crippen molar-refractivity contribution in [2.75, 3.05) is 0 Å². The summed E-state index contributed by atoms with van der Waals surface area (Å²) in [5, 5.41) is 8.30. The van der Waals surface area contributed by atoms with Gasteiger partial charge in [0, 0.05) is 6.42 Å². The van der Waals surface area contributed by atoms with E-state index in [2.05, 4.69) is 0 Å². The van der Waals surface area contributed by atoms with Gasteiger partial charge in [0.05, 0.1) is 0 Å². The van der Waals surface area contributed by atoms with Gasteiger partial charge >= 0.3 is 11.9 Å². The normalized spacial score (nSPS) is 11.5. The smallest absolute Gasteiger partial charge is 0.374 e. The van der Waals surface area contributed by atoms with Gasteiger partial charge < -0.3 is 5.11 Å². The molecule has 0 unspecified atom stereocenters. The predicted molar refractivity (Wildman–Crippen MR) is 52.2 cm³/mol. The summed E-state index contributed by atoms with van der Waals surface area (Å²) in [6.07, 6.45) is -0.756. The van der Waals surface area contributed by atoms with Crippen molar-refractivity contribution in [2.45, 2.75) is 26.2 Å². The predicted octanol–water partition coefficient (Wildman–Crippen LogP) is 2.57. The minimum absolute atomic E-state index is 0.369. The van der Waals surface area contributed by atoms with Gasteiger partial charge in [-0.3, -0.25) is 0 Å². The first kappa shape index (κ1) is 11.6. The van der Waals surface area contributed by atoms with Gasteiger partial charge in [-0.05, 0) is 25.0 Å². The first-order valence-corrected chi connectivity index (χ1v) is 4.50. The molecule has 1 rings (SSSR count). The third-order valence-electron chi connectivity index (χ3n) is 2.22. The van der Waals surface area contributed by atoms with Crippen molar-refractivity contribution in [1.82, 2.24) is 0 Å². The third-order valence-corrected chi connectivity index (χ3v) is 2.22. The standard InChI is InChI=1S/C11H12F2O2/c1-7-3-4-9(8(2)5-7)6-11(12,13)10(14)15/h3-5H,6H2,1-2H3,(H,14,15). The number of hydrogen-bond donors (Lipinski definition) is 1. The van der Waals surface area contributed by atoms with Gasteiger partial charge in [0.1, 0.15) is 0 Å². The van der Waals surface area contributed by atoms with Gasteiger partial charge in [-0.1, -0.05) is 23.8 Å². The number of carboxylic acid groups (broad SMARTS) is 1. The van der Waals surface area contributed by atoms with E-state index in [1.54, 1.807) is 25.1 Å². The molecule has 0 heterocycles. The molecule has 0 atom stereocenters. The van der Waals surface area contributed by atoms with Gasteiger partial charge in [0.15, 0.2) is 0 Å². The fourth-order valence-electron chi connectivity index (χ4n) is 1.36. The van der Waals surface area contributed by atoms with Crippen LogP contribution in [0.3, 0.4) is 0 Å². The number of hydrogen-bond acceptors (Lipinski definition) is 1. The van der Waals surface area contributed by atoms with Gasteiger partial charge in [-0.15, -0.1) is 0 Å². The molecule has 0 spiro atoms. The molecule has 2 nitrogen and oxygen atoms in total. The maximum Gasteiger partial charge on any atom is 0.374 e. The number of alkyl halides is 2. The zero-order valence-corrected chi connectivity index (χ0v) is 8.55. The maximum absolute atomic E-state index is 12.9. The lowest BCUT2D eigenvalue weighted by Gasteiger charge is -2.13. The lowest BCUT2D eigenvalue weighted by molar-refractivity contribution is -0.164. The Bertz CT molecular complexity index is 386. The number of aliphatic carboxylic acids is 1. The van der Waals surface area contributed by atoms with E-state index < -0.39 is 18.3 Å². The number of carbonyl (C=O) groups is 1. The Labute approximate surface area is 86.5 Å². The van der Waals surface area contributed by atoms with Crippen LogP contribution in [-0.4, -0.2) is 17.0 Å². The molecule has 0 saturated carbocycles. The molecule has 0 aliphatic rings. The van der Waals surface area contributed by atoms with E-state index in [1.165, 1.54) is 0 Å². The van der Waals surface area contributed by atoms with Crippen LogP contribution in [0.2, 0.25) is 0 Å². The van der Waals surface area contributed by atoms with Crippen LogP contribution in [0.25, 0.3) is 0 Å². The molecule has 0 aliphatic heterocycles. The van der Waals surface area contributed by atoms with Crippen LogP contribution in [-0.2, 0) is 11.2 Å². The van der Waals surface area contributed by atoms with Crippen molar-refractivity contribution in [1.29, 1.82) is 0 Å². The molecular formula is C11H12F2O2. The van der Waals surface area contributed by atoms with Gasteiger partial charge in [-0.25, -0.2) is 4.79 Å². The van der Waals surface area contributed by atoms with Crippen LogP contribution in [0.1, 0.15) is 16.7 Å². The molecule has 1 N–H and O–H groups in total. The van der Waals surface area contributed by atoms with E-state index in [1.807, 2.05) is 6.92 Å². The zero-order chi connectivity index (χ0) is 11.6. The minimum atomic E-state index is -3.69. The molecule has 0 fully saturated rings. The summed E-state index contributed by atoms with van der Waals surface area (Å²) in [5.74, 6) is -5.78. The largest absolute Gasteiger partial charge is 0.477 e. The minimum Gasteiger partial charge on any atom is -0.477 e. The topological polar surface area (TPSA) is 37.3 Å². The molecule has 0 radical (unpaired) electrons. The molecule has 0 aromatic heterocycles. The fraction of sp³-hybridized carbons (Fsp3) is 0.364. The summed E-state index contributed by atoms with van der Waals surface area (Å²) < 4.78 is 25.8. The first-order valence-electron chi connectivity index (χ1n) is 4.50. The molecule has 1 aromatic carbocycles. The zero-order valence-electron chi connectivity index (χ0n) is 8.55. The fourth-order valence-corrected chi connectivity index (χ4v) is 1.36. The Morgan fingerprint density at radius 2 is 2.00 bits per heavy atom. The molecule has 82 valence electrons. The van der Waals surface area contributed by atoms with Crippen molar-refractivity contribution in [3.63, 3.8) is 0 Å². The van der Waals surface area contributed by atoms with Gasteiger partial charge in [-0.2, -0.15) is 8.78 Å². The van der Waals surface area contributed by atoms with Crippen LogP contribution in [0.15, 0.2) is 18.2 Å². The van der Waals surface area contributed by atoms with Crippen LogP contribution >= 0.6 is 0 Å². The summed E-state index contributed by atoms with van der Waals surface area (Å²) >= 11 is 0. The molecular weight excluding hydrogens is 202 g/mol. The Hall–Kier alpha value is -1.45. The molecule has 0 amide bonds. The summed E-state index contributed by atoms with van der Waals surface area (Å²) in [7, 11) is 0. The Morgan fingerprint density at radius 1 is 1.40 bits per heavy atom. The van der Waals surface area contributed by atoms with Crippen molar-refractivity contribution in [2.24, 2.45) is 0 Å². The average Bonchev–Trinajstić information content (AvgIpc) is 2.09. The first-order chi connectivity index (χ1) is 6.83. The quantitative estimate of drug-likeness (QED) is 0.839. The number of benzene rings is 1. The third kappa shape index (κ3) is 2.75. The van der Waals surface area contributed by atoms with E-state index in [-0.39, 0.29) is 0 Å². The summed E-state index contributed by atoms with van der Waals surface area (Å²) in [4.78, 5) is 10.3. The summed E-state index contributed by atoms with van der Waals surface area (Å²) in [5.41, 5.74) is 2.03. The highest BCUT2D eigenvalue weighted by molar-refractivity contribution is 5.75. The van der Waals surface area contributed by atoms with Crippen LogP contribution in [0.5, 0.6) is 0 Å². The molecule has 0 bridgehead atoms.